The molecule has 1 amide bonds. The first kappa shape index (κ1) is 26.6. The summed E-state index contributed by atoms with van der Waals surface area (Å²) in [4.78, 5) is 17.8. The smallest absolute Gasteiger partial charge is 0.425 e. The molecule has 1 atom stereocenters. The van der Waals surface area contributed by atoms with E-state index < -0.39 is 28.4 Å². The molecule has 1 N–H and O–H groups in total. The van der Waals surface area contributed by atoms with Crippen LogP contribution >= 0.6 is 0 Å². The lowest BCUT2D eigenvalue weighted by Gasteiger charge is -2.36. The molecule has 2 aliphatic rings. The maximum absolute atomic E-state index is 12.6. The van der Waals surface area contributed by atoms with Crippen LogP contribution in [0.15, 0.2) is 18.2 Å². The average molecular weight is 507 g/mol. The van der Waals surface area contributed by atoms with Crippen molar-refractivity contribution >= 4 is 21.8 Å². The van der Waals surface area contributed by atoms with Crippen LogP contribution in [0, 0.1) is 6.92 Å². The van der Waals surface area contributed by atoms with E-state index in [-0.39, 0.29) is 6.04 Å². The number of alkyl halides is 3. The van der Waals surface area contributed by atoms with Crippen molar-refractivity contribution in [1.82, 2.24) is 14.5 Å². The Hall–Kier alpha value is -2.05. The predicted octanol–water partition coefficient (Wildman–Crippen LogP) is 2.72. The summed E-state index contributed by atoms with van der Waals surface area (Å²) in [5.74, 6) is 0. The van der Waals surface area contributed by atoms with Crippen molar-refractivity contribution in [2.24, 2.45) is 0 Å². The Bertz CT molecular complexity index is 957. The van der Waals surface area contributed by atoms with Gasteiger partial charge in [0.2, 0.25) is 10.0 Å². The van der Waals surface area contributed by atoms with Crippen LogP contribution in [0.25, 0.3) is 0 Å². The number of amides is 1. The number of benzene rings is 1. The first-order valence-electron chi connectivity index (χ1n) is 11.4. The summed E-state index contributed by atoms with van der Waals surface area (Å²) in [7, 11) is -3.22. The quantitative estimate of drug-likeness (QED) is 0.639. The number of carbonyl (C=O) groups is 1. The standard InChI is InChI=1S/C22H33F3N4O4S/c1-16-18(5-4-6-20(16)28-9-7-19(8-10-28)26-34(3,31)32)15-27-11-13-29(14-12-27)21(30)33-17(2)22(23,24)25/h4-6,17,19,26H,7-15H2,1-3H3. The Labute approximate surface area is 199 Å². The van der Waals surface area contributed by atoms with Gasteiger partial charge in [-0.15, -0.1) is 0 Å². The molecule has 0 spiro atoms. The molecule has 1 aromatic rings. The van der Waals surface area contributed by atoms with E-state index in [1.54, 1.807) is 0 Å². The van der Waals surface area contributed by atoms with Crippen LogP contribution in [0.3, 0.4) is 0 Å². The van der Waals surface area contributed by atoms with Crippen molar-refractivity contribution in [3.63, 3.8) is 0 Å². The van der Waals surface area contributed by atoms with Gasteiger partial charge in [0, 0.05) is 57.5 Å². The van der Waals surface area contributed by atoms with E-state index >= 15 is 0 Å². The van der Waals surface area contributed by atoms with Gasteiger partial charge in [0.05, 0.1) is 6.26 Å². The molecule has 12 heteroatoms. The zero-order valence-electron chi connectivity index (χ0n) is 19.8. The molecule has 0 aliphatic carbocycles. The maximum Gasteiger partial charge on any atom is 0.425 e. The van der Waals surface area contributed by atoms with E-state index in [1.807, 2.05) is 6.07 Å². The number of rotatable bonds is 6. The Balaban J connectivity index is 1.53. The van der Waals surface area contributed by atoms with Crippen LogP contribution in [0.1, 0.15) is 30.9 Å². The van der Waals surface area contributed by atoms with E-state index in [0.717, 1.165) is 49.7 Å². The number of hydrogen-bond acceptors (Lipinski definition) is 6. The lowest BCUT2D eigenvalue weighted by molar-refractivity contribution is -0.200. The number of nitrogens with zero attached hydrogens (tertiary/aromatic N) is 3. The Kier molecular flexibility index (Phi) is 8.35. The fourth-order valence-corrected chi connectivity index (χ4v) is 5.19. The summed E-state index contributed by atoms with van der Waals surface area (Å²) in [5.41, 5.74) is 3.42. The van der Waals surface area contributed by atoms with E-state index in [9.17, 15) is 26.4 Å². The lowest BCUT2D eigenvalue weighted by Crippen LogP contribution is -2.49. The number of nitrogens with one attached hydrogen (secondary N) is 1. The second kappa shape index (κ2) is 10.7. The first-order valence-corrected chi connectivity index (χ1v) is 13.3. The van der Waals surface area contributed by atoms with Crippen LogP contribution in [-0.4, -0.2) is 88.2 Å². The molecule has 2 saturated heterocycles. The molecule has 3 rings (SSSR count). The summed E-state index contributed by atoms with van der Waals surface area (Å²) < 4.78 is 68.1. The highest BCUT2D eigenvalue weighted by Crippen LogP contribution is 2.28. The summed E-state index contributed by atoms with van der Waals surface area (Å²) in [6, 6.07) is 6.09. The van der Waals surface area contributed by atoms with Crippen LogP contribution in [-0.2, 0) is 21.3 Å². The van der Waals surface area contributed by atoms with Crippen molar-refractivity contribution in [2.75, 3.05) is 50.4 Å². The van der Waals surface area contributed by atoms with Crippen LogP contribution in [0.5, 0.6) is 0 Å². The molecule has 0 aromatic heterocycles. The van der Waals surface area contributed by atoms with Gasteiger partial charge in [-0.3, -0.25) is 4.90 Å². The highest BCUT2D eigenvalue weighted by Gasteiger charge is 2.40. The van der Waals surface area contributed by atoms with Crippen molar-refractivity contribution in [2.45, 2.75) is 51.6 Å². The minimum atomic E-state index is -4.57. The summed E-state index contributed by atoms with van der Waals surface area (Å²) in [6.45, 7) is 6.79. The van der Waals surface area contributed by atoms with E-state index in [1.165, 1.54) is 11.2 Å². The molecule has 8 nitrogen and oxygen atoms in total. The second-order valence-corrected chi connectivity index (χ2v) is 10.8. The fourth-order valence-electron chi connectivity index (χ4n) is 4.35. The van der Waals surface area contributed by atoms with E-state index in [0.29, 0.717) is 32.7 Å². The van der Waals surface area contributed by atoms with Crippen LogP contribution < -0.4 is 9.62 Å². The molecule has 1 aromatic carbocycles. The summed E-state index contributed by atoms with van der Waals surface area (Å²) in [5, 5.41) is 0. The molecular weight excluding hydrogens is 473 g/mol. The van der Waals surface area contributed by atoms with Crippen molar-refractivity contribution in [3.05, 3.63) is 29.3 Å². The average Bonchev–Trinajstić information content (AvgIpc) is 2.74. The van der Waals surface area contributed by atoms with E-state index in [2.05, 4.69) is 38.3 Å². The molecule has 2 fully saturated rings. The van der Waals surface area contributed by atoms with Crippen molar-refractivity contribution in [1.29, 1.82) is 0 Å². The van der Waals surface area contributed by atoms with Gasteiger partial charge in [-0.1, -0.05) is 12.1 Å². The van der Waals surface area contributed by atoms with Crippen LogP contribution in [0.4, 0.5) is 23.7 Å². The molecule has 0 saturated carbocycles. The summed E-state index contributed by atoms with van der Waals surface area (Å²) in [6.07, 6.45) is -4.98. The predicted molar refractivity (Wildman–Crippen MR) is 123 cm³/mol. The molecule has 2 heterocycles. The van der Waals surface area contributed by atoms with Gasteiger partial charge in [0.25, 0.3) is 0 Å². The SMILES string of the molecule is Cc1c(CN2CCN(C(=O)OC(C)C(F)(F)F)CC2)cccc1N1CCC(NS(C)(=O)=O)CC1. The number of piperazine rings is 1. The van der Waals surface area contributed by atoms with Crippen LogP contribution in [0.2, 0.25) is 0 Å². The lowest BCUT2D eigenvalue weighted by atomic mass is 10.0. The monoisotopic (exact) mass is 506 g/mol. The van der Waals surface area contributed by atoms with Gasteiger partial charge in [-0.25, -0.2) is 17.9 Å². The Morgan fingerprint density at radius 3 is 2.32 bits per heavy atom. The summed E-state index contributed by atoms with van der Waals surface area (Å²) >= 11 is 0. The molecular formula is C22H33F3N4O4S. The fraction of sp³-hybridized carbons (Fsp3) is 0.682. The maximum atomic E-state index is 12.6. The largest absolute Gasteiger partial charge is 0.437 e. The zero-order chi connectivity index (χ0) is 25.1. The second-order valence-electron chi connectivity index (χ2n) is 9.04. The van der Waals surface area contributed by atoms with Gasteiger partial charge in [0.15, 0.2) is 6.10 Å². The zero-order valence-corrected chi connectivity index (χ0v) is 20.6. The van der Waals surface area contributed by atoms with Gasteiger partial charge in [0.1, 0.15) is 0 Å². The number of sulfonamides is 1. The van der Waals surface area contributed by atoms with Crippen molar-refractivity contribution < 1.29 is 31.1 Å². The number of hydrogen-bond donors (Lipinski definition) is 1. The molecule has 0 radical (unpaired) electrons. The minimum Gasteiger partial charge on any atom is -0.437 e. The number of anilines is 1. The van der Waals surface area contributed by atoms with Gasteiger partial charge < -0.3 is 14.5 Å². The number of carbonyl (C=O) groups excluding carboxylic acids is 1. The third-order valence-electron chi connectivity index (χ3n) is 6.40. The Morgan fingerprint density at radius 1 is 1.15 bits per heavy atom. The molecule has 192 valence electrons. The Morgan fingerprint density at radius 2 is 1.76 bits per heavy atom. The van der Waals surface area contributed by atoms with Gasteiger partial charge in [-0.05, 0) is 43.9 Å². The van der Waals surface area contributed by atoms with Crippen molar-refractivity contribution in [3.8, 4) is 0 Å². The van der Waals surface area contributed by atoms with Gasteiger partial charge in [-0.2, -0.15) is 13.2 Å². The number of piperidine rings is 1. The molecule has 0 bridgehead atoms. The van der Waals surface area contributed by atoms with Gasteiger partial charge >= 0.3 is 12.3 Å². The number of halogens is 3. The third kappa shape index (κ3) is 7.22. The first-order chi connectivity index (χ1) is 15.8. The highest BCUT2D eigenvalue weighted by atomic mass is 32.2. The molecule has 1 unspecified atom stereocenters. The number of ether oxygens (including phenoxy) is 1. The minimum absolute atomic E-state index is 0.0446. The van der Waals surface area contributed by atoms with E-state index in [4.69, 9.17) is 0 Å². The normalized spacial score (nSPS) is 19.8. The molecule has 2 aliphatic heterocycles. The molecule has 34 heavy (non-hydrogen) atoms. The topological polar surface area (TPSA) is 82.2 Å². The third-order valence-corrected chi connectivity index (χ3v) is 7.16. The highest BCUT2D eigenvalue weighted by molar-refractivity contribution is 7.88.